The van der Waals surface area contributed by atoms with Crippen LogP contribution in [0.4, 0.5) is 4.79 Å². The molecule has 226 valence electrons. The lowest BCUT2D eigenvalue weighted by atomic mass is 9.39. The Morgan fingerprint density at radius 1 is 1.27 bits per heavy atom. The van der Waals surface area contributed by atoms with E-state index in [2.05, 4.69) is 30.7 Å². The Morgan fingerprint density at radius 2 is 2.00 bits per heavy atom. The lowest BCUT2D eigenvalue weighted by molar-refractivity contribution is -0.456. The maximum absolute atomic E-state index is 14.7. The summed E-state index contributed by atoms with van der Waals surface area (Å²) in [4.78, 5) is 34.1. The van der Waals surface area contributed by atoms with Crippen molar-refractivity contribution in [1.29, 1.82) is 0 Å². The predicted octanol–water partition coefficient (Wildman–Crippen LogP) is 3.23. The van der Waals surface area contributed by atoms with E-state index < -0.39 is 64.4 Å². The molecule has 0 aromatic carbocycles. The molecule has 1 aromatic heterocycles. The van der Waals surface area contributed by atoms with Gasteiger partial charge in [0.15, 0.2) is 17.5 Å². The number of rotatable bonds is 6. The van der Waals surface area contributed by atoms with Gasteiger partial charge in [-0.1, -0.05) is 32.9 Å². The summed E-state index contributed by atoms with van der Waals surface area (Å²) in [6, 6.07) is 5.60. The van der Waals surface area contributed by atoms with Gasteiger partial charge in [-0.3, -0.25) is 14.7 Å². The molecule has 2 aliphatic heterocycles. The van der Waals surface area contributed by atoms with Gasteiger partial charge < -0.3 is 29.4 Å². The molecule has 1 amide bonds. The van der Waals surface area contributed by atoms with Crippen molar-refractivity contribution in [2.24, 2.45) is 16.7 Å². The number of amides is 1. The van der Waals surface area contributed by atoms with Crippen molar-refractivity contribution in [2.45, 2.75) is 102 Å². The topological polar surface area (TPSA) is 119 Å². The van der Waals surface area contributed by atoms with Crippen molar-refractivity contribution >= 4 is 11.9 Å². The van der Waals surface area contributed by atoms with Gasteiger partial charge in [0, 0.05) is 42.6 Å². The molecule has 4 aliphatic rings. The van der Waals surface area contributed by atoms with E-state index in [1.807, 2.05) is 39.2 Å². The van der Waals surface area contributed by atoms with Crippen molar-refractivity contribution in [3.63, 3.8) is 0 Å². The van der Waals surface area contributed by atoms with Crippen molar-refractivity contribution in [3.05, 3.63) is 42.7 Å². The summed E-state index contributed by atoms with van der Waals surface area (Å²) in [7, 11) is 3.66. The molecule has 2 saturated carbocycles. The minimum Gasteiger partial charge on any atom is -0.440 e. The zero-order valence-electron chi connectivity index (χ0n) is 25.3. The number of carbonyl (C=O) groups excluding carboxylic acids is 2. The molecule has 2 N–H and O–H groups in total. The molecule has 0 radical (unpaired) electrons. The fourth-order valence-corrected chi connectivity index (χ4v) is 8.50. The van der Waals surface area contributed by atoms with Gasteiger partial charge >= 0.3 is 6.09 Å². The van der Waals surface area contributed by atoms with Crippen LogP contribution in [0.2, 0.25) is 0 Å². The molecule has 0 bridgehead atoms. The van der Waals surface area contributed by atoms with E-state index in [4.69, 9.17) is 18.9 Å². The summed E-state index contributed by atoms with van der Waals surface area (Å²) in [5.41, 5.74) is -4.79. The smallest absolute Gasteiger partial charge is 0.407 e. The molecule has 10 nitrogen and oxygen atoms in total. The first-order valence-electron chi connectivity index (χ1n) is 14.5. The quantitative estimate of drug-likeness (QED) is 0.496. The molecule has 2 aliphatic carbocycles. The number of alkyl carbamates (subject to hydrolysis) is 1. The standard InChI is InChI=1S/C31H45N3O7/c1-9-28(4)18-20(35)31-29(5)21(38-26(40-31)34(7)8)13-15-27(2,3)23(29)22(36)24(30(31,6)41-28)39-25(37)33-17-14-19-12-10-11-16-32-19/h9-12,16,21-24,26,36H,1,13-15,17-18H2,2-8H3,(H,33,37)/t21-,22-,23-,24-,26?,28-,29-,30+,31-/m0/s1. The molecular formula is C31H45N3O7. The lowest BCUT2D eigenvalue weighted by Crippen LogP contribution is -2.89. The number of nitrogens with one attached hydrogen (secondary N) is 1. The molecule has 4 fully saturated rings. The molecule has 9 atom stereocenters. The normalized spacial score (nSPS) is 43.0. The van der Waals surface area contributed by atoms with Gasteiger partial charge in [-0.2, -0.15) is 0 Å². The molecule has 3 heterocycles. The van der Waals surface area contributed by atoms with Crippen LogP contribution in [-0.2, 0) is 30.2 Å². The van der Waals surface area contributed by atoms with Crippen molar-refractivity contribution < 1.29 is 33.6 Å². The number of ketones is 1. The van der Waals surface area contributed by atoms with E-state index >= 15 is 0 Å². The number of aromatic nitrogens is 1. The highest BCUT2D eigenvalue weighted by Crippen LogP contribution is 2.70. The third kappa shape index (κ3) is 4.36. The predicted molar refractivity (Wildman–Crippen MR) is 151 cm³/mol. The minimum atomic E-state index is -1.58. The molecule has 1 spiro atoms. The molecule has 1 unspecified atom stereocenters. The van der Waals surface area contributed by atoms with E-state index in [0.29, 0.717) is 12.8 Å². The summed E-state index contributed by atoms with van der Waals surface area (Å²) < 4.78 is 26.2. The van der Waals surface area contributed by atoms with Crippen molar-refractivity contribution in [1.82, 2.24) is 15.2 Å². The van der Waals surface area contributed by atoms with Gasteiger partial charge in [0.2, 0.25) is 6.41 Å². The Kier molecular flexibility index (Phi) is 7.43. The summed E-state index contributed by atoms with van der Waals surface area (Å²) in [6.45, 7) is 13.9. The molecule has 5 rings (SSSR count). The summed E-state index contributed by atoms with van der Waals surface area (Å²) in [5, 5.41) is 15.0. The highest BCUT2D eigenvalue weighted by Gasteiger charge is 2.84. The van der Waals surface area contributed by atoms with Crippen LogP contribution in [0.15, 0.2) is 37.1 Å². The first kappa shape index (κ1) is 30.1. The number of pyridine rings is 1. The summed E-state index contributed by atoms with van der Waals surface area (Å²) in [5.74, 6) is -0.674. The minimum absolute atomic E-state index is 0.0286. The second-order valence-electron chi connectivity index (χ2n) is 13.6. The van der Waals surface area contributed by atoms with Gasteiger partial charge in [-0.25, -0.2) is 4.79 Å². The van der Waals surface area contributed by atoms with Crippen LogP contribution in [0.3, 0.4) is 0 Å². The maximum atomic E-state index is 14.7. The van der Waals surface area contributed by atoms with Crippen LogP contribution in [0.1, 0.15) is 59.6 Å². The zero-order chi connectivity index (χ0) is 30.0. The number of hydrogen-bond donors (Lipinski definition) is 2. The van der Waals surface area contributed by atoms with Gasteiger partial charge in [0.1, 0.15) is 5.60 Å². The third-order valence-corrected chi connectivity index (χ3v) is 10.2. The van der Waals surface area contributed by atoms with Crippen LogP contribution in [-0.4, -0.2) is 89.0 Å². The number of Topliss-reactive ketones (excluding diaryl/α,β-unsaturated/α-hetero) is 1. The average molecular weight is 572 g/mol. The number of ether oxygens (including phenoxy) is 4. The Labute approximate surface area is 242 Å². The van der Waals surface area contributed by atoms with Crippen LogP contribution in [0.5, 0.6) is 0 Å². The fraction of sp³-hybridized carbons (Fsp3) is 0.710. The third-order valence-electron chi connectivity index (χ3n) is 10.2. The highest BCUT2D eigenvalue weighted by molar-refractivity contribution is 5.93. The van der Waals surface area contributed by atoms with Crippen LogP contribution in [0.25, 0.3) is 0 Å². The summed E-state index contributed by atoms with van der Waals surface area (Å²) >= 11 is 0. The average Bonchev–Trinajstić information content (AvgIpc) is 2.89. The highest BCUT2D eigenvalue weighted by atomic mass is 16.7. The van der Waals surface area contributed by atoms with Crippen LogP contribution >= 0.6 is 0 Å². The second kappa shape index (κ2) is 10.1. The van der Waals surface area contributed by atoms with E-state index in [1.165, 1.54) is 0 Å². The molecule has 1 aromatic rings. The van der Waals surface area contributed by atoms with E-state index in [-0.39, 0.29) is 18.7 Å². The Bertz CT molecular complexity index is 1190. The number of nitrogens with zero attached hydrogens (tertiary/aromatic N) is 2. The molecular weight excluding hydrogens is 526 g/mol. The Balaban J connectivity index is 1.59. The number of aliphatic hydroxyl groups excluding tert-OH is 1. The Morgan fingerprint density at radius 3 is 2.63 bits per heavy atom. The van der Waals surface area contributed by atoms with Crippen molar-refractivity contribution in [3.8, 4) is 0 Å². The first-order valence-corrected chi connectivity index (χ1v) is 14.5. The summed E-state index contributed by atoms with van der Waals surface area (Å²) in [6.07, 6.45) is 0.933. The van der Waals surface area contributed by atoms with Gasteiger partial charge in [-0.15, -0.1) is 6.58 Å². The number of carbonyl (C=O) groups is 2. The zero-order valence-corrected chi connectivity index (χ0v) is 25.3. The van der Waals surface area contributed by atoms with E-state index in [1.54, 1.807) is 31.0 Å². The maximum Gasteiger partial charge on any atom is 0.407 e. The first-order chi connectivity index (χ1) is 19.1. The largest absolute Gasteiger partial charge is 0.440 e. The van der Waals surface area contributed by atoms with Gasteiger partial charge in [-0.05, 0) is 58.3 Å². The molecule has 2 saturated heterocycles. The van der Waals surface area contributed by atoms with E-state index in [9.17, 15) is 14.7 Å². The fourth-order valence-electron chi connectivity index (χ4n) is 8.50. The van der Waals surface area contributed by atoms with Crippen LogP contribution < -0.4 is 5.32 Å². The van der Waals surface area contributed by atoms with Crippen molar-refractivity contribution in [2.75, 3.05) is 20.6 Å². The second-order valence-corrected chi connectivity index (χ2v) is 13.6. The lowest BCUT2D eigenvalue weighted by Gasteiger charge is -2.74. The van der Waals surface area contributed by atoms with Gasteiger partial charge in [0.05, 0.1) is 17.8 Å². The Hall–Kier alpha value is -2.37. The SMILES string of the molecule is C=C[C@@]1(C)CC(=O)[C@@]23OC(N(C)C)O[C@H]4CCC(C)(C)[C@H]([C@H](O)[C@H](OC(=O)NCCc5ccccn5)[C@@]2(C)O1)[C@]43C. The van der Waals surface area contributed by atoms with Crippen LogP contribution in [0, 0.1) is 16.7 Å². The number of hydrogen-bond acceptors (Lipinski definition) is 9. The van der Waals surface area contributed by atoms with Gasteiger partial charge in [0.25, 0.3) is 0 Å². The van der Waals surface area contributed by atoms with E-state index in [0.717, 1.165) is 12.1 Å². The molecule has 41 heavy (non-hydrogen) atoms. The monoisotopic (exact) mass is 571 g/mol. The number of aliphatic hydroxyl groups is 1. The molecule has 10 heteroatoms.